The third kappa shape index (κ3) is 1.89. The molecule has 1 heterocycles. The van der Waals surface area contributed by atoms with E-state index in [0.717, 1.165) is 6.07 Å². The number of aromatic nitrogens is 1. The van der Waals surface area contributed by atoms with Crippen LogP contribution in [0.1, 0.15) is 5.69 Å². The van der Waals surface area contributed by atoms with Gasteiger partial charge in [0.2, 0.25) is 0 Å². The maximum absolute atomic E-state index is 13.6. The van der Waals surface area contributed by atoms with Crippen LogP contribution in [-0.4, -0.2) is 9.97 Å². The van der Waals surface area contributed by atoms with Gasteiger partial charge in [-0.05, 0) is 22.0 Å². The van der Waals surface area contributed by atoms with Gasteiger partial charge in [0.1, 0.15) is 10.7 Å². The topological polar surface area (TPSA) is 38.9 Å². The van der Waals surface area contributed by atoms with E-state index in [1.165, 1.54) is 6.20 Å². The lowest BCUT2D eigenvalue weighted by Crippen LogP contribution is -2.13. The van der Waals surface area contributed by atoms with Crippen molar-refractivity contribution in [2.45, 2.75) is 0 Å². The van der Waals surface area contributed by atoms with Crippen molar-refractivity contribution < 1.29 is 13.2 Å². The first-order valence-electron chi connectivity index (χ1n) is 4.35. The summed E-state index contributed by atoms with van der Waals surface area (Å²) in [6.45, 7) is 0. The molecule has 7 heteroatoms. The van der Waals surface area contributed by atoms with Crippen molar-refractivity contribution in [3.8, 4) is 0 Å². The molecule has 1 aromatic heterocycles. The van der Waals surface area contributed by atoms with Gasteiger partial charge in [0.05, 0.1) is 0 Å². The minimum absolute atomic E-state index is 0.0308. The van der Waals surface area contributed by atoms with Crippen molar-refractivity contribution >= 4 is 43.9 Å². The van der Waals surface area contributed by atoms with E-state index in [-0.39, 0.29) is 25.9 Å². The predicted molar refractivity (Wildman–Crippen MR) is 65.2 cm³/mol. The van der Waals surface area contributed by atoms with E-state index in [0.29, 0.717) is 0 Å². The van der Waals surface area contributed by atoms with Crippen molar-refractivity contribution in [2.24, 2.45) is 5.73 Å². The molecule has 2 N–H and O–H groups in total. The molecule has 0 fully saturated rings. The van der Waals surface area contributed by atoms with E-state index in [4.69, 9.17) is 18.0 Å². The third-order valence-corrected chi connectivity index (χ3v) is 2.99. The fraction of sp³-hybridized carbons (Fsp3) is 0. The molecule has 0 atom stereocenters. The Morgan fingerprint density at radius 2 is 1.94 bits per heavy atom. The summed E-state index contributed by atoms with van der Waals surface area (Å²) in [6.07, 6.45) is 1.23. The van der Waals surface area contributed by atoms with Crippen LogP contribution in [0.3, 0.4) is 0 Å². The van der Waals surface area contributed by atoms with Gasteiger partial charge in [-0.1, -0.05) is 12.2 Å². The zero-order chi connectivity index (χ0) is 12.7. The maximum atomic E-state index is 13.6. The van der Waals surface area contributed by atoms with Crippen molar-refractivity contribution in [3.63, 3.8) is 0 Å². The largest absolute Gasteiger partial charge is 0.388 e. The van der Waals surface area contributed by atoms with E-state index < -0.39 is 17.5 Å². The lowest BCUT2D eigenvalue weighted by Gasteiger charge is -2.08. The summed E-state index contributed by atoms with van der Waals surface area (Å²) < 4.78 is 40.1. The molecule has 0 radical (unpaired) electrons. The van der Waals surface area contributed by atoms with Gasteiger partial charge >= 0.3 is 0 Å². The number of benzene rings is 1. The molecule has 0 aliphatic carbocycles. The predicted octanol–water partition coefficient (Wildman–Crippen LogP) is 3.05. The highest BCUT2D eigenvalue weighted by Crippen LogP contribution is 2.30. The lowest BCUT2D eigenvalue weighted by molar-refractivity contribution is 0.453. The first-order valence-corrected chi connectivity index (χ1v) is 5.55. The van der Waals surface area contributed by atoms with E-state index in [9.17, 15) is 13.2 Å². The quantitative estimate of drug-likeness (QED) is 0.648. The third-order valence-electron chi connectivity index (χ3n) is 2.20. The van der Waals surface area contributed by atoms with Gasteiger partial charge in [0.25, 0.3) is 0 Å². The van der Waals surface area contributed by atoms with E-state index in [1.54, 1.807) is 0 Å². The summed E-state index contributed by atoms with van der Waals surface area (Å²) in [5.41, 5.74) is 5.43. The Morgan fingerprint density at radius 1 is 1.29 bits per heavy atom. The molecule has 2 nitrogen and oxygen atoms in total. The van der Waals surface area contributed by atoms with Crippen LogP contribution < -0.4 is 5.73 Å². The van der Waals surface area contributed by atoms with Crippen molar-refractivity contribution in [3.05, 3.63) is 39.9 Å². The van der Waals surface area contributed by atoms with Crippen LogP contribution in [-0.2, 0) is 0 Å². The van der Waals surface area contributed by atoms with E-state index in [1.807, 2.05) is 0 Å². The fourth-order valence-corrected chi connectivity index (χ4v) is 2.12. The van der Waals surface area contributed by atoms with Crippen molar-refractivity contribution in [2.75, 3.05) is 0 Å². The molecule has 1 aromatic carbocycles. The number of fused-ring (bicyclic) bond motifs is 1. The van der Waals surface area contributed by atoms with Gasteiger partial charge in [0.15, 0.2) is 17.5 Å². The summed E-state index contributed by atoms with van der Waals surface area (Å²) in [5, 5.41) is -0.107. The molecule has 17 heavy (non-hydrogen) atoms. The Labute approximate surface area is 108 Å². The second-order valence-electron chi connectivity index (χ2n) is 3.23. The van der Waals surface area contributed by atoms with Crippen LogP contribution in [0, 0.1) is 17.5 Å². The Kier molecular flexibility index (Phi) is 3.05. The minimum Gasteiger partial charge on any atom is -0.388 e. The maximum Gasteiger partial charge on any atom is 0.195 e. The van der Waals surface area contributed by atoms with Gasteiger partial charge in [0, 0.05) is 21.4 Å². The molecule has 0 aliphatic heterocycles. The van der Waals surface area contributed by atoms with Gasteiger partial charge in [-0.15, -0.1) is 0 Å². The number of halogens is 4. The Balaban J connectivity index is 3.03. The number of nitrogens with zero attached hydrogens (tertiary/aromatic N) is 1. The van der Waals surface area contributed by atoms with Crippen LogP contribution in [0.4, 0.5) is 13.2 Å². The number of rotatable bonds is 1. The van der Waals surface area contributed by atoms with E-state index in [2.05, 4.69) is 20.9 Å². The minimum atomic E-state index is -1.54. The number of hydrogen-bond donors (Lipinski definition) is 1. The normalized spacial score (nSPS) is 10.8. The second-order valence-corrected chi connectivity index (χ2v) is 4.52. The Morgan fingerprint density at radius 3 is 2.53 bits per heavy atom. The fourth-order valence-electron chi connectivity index (χ4n) is 1.47. The molecular weight excluding hydrogens is 317 g/mol. The molecule has 0 amide bonds. The average Bonchev–Trinajstić information content (AvgIpc) is 2.25. The zero-order valence-corrected chi connectivity index (χ0v) is 10.5. The molecule has 0 saturated carbocycles. The smallest absolute Gasteiger partial charge is 0.195 e. The number of pyridine rings is 1. The molecular formula is C10H4BrF3N2S. The average molecular weight is 321 g/mol. The van der Waals surface area contributed by atoms with Crippen LogP contribution in [0.15, 0.2) is 16.7 Å². The van der Waals surface area contributed by atoms with E-state index >= 15 is 0 Å². The highest BCUT2D eigenvalue weighted by atomic mass is 79.9. The number of hydrogen-bond acceptors (Lipinski definition) is 2. The first-order chi connectivity index (χ1) is 7.93. The Hall–Kier alpha value is -1.21. The summed E-state index contributed by atoms with van der Waals surface area (Å²) in [7, 11) is 0. The lowest BCUT2D eigenvalue weighted by atomic mass is 10.1. The zero-order valence-electron chi connectivity index (χ0n) is 8.10. The van der Waals surface area contributed by atoms with Gasteiger partial charge in [-0.3, -0.25) is 4.98 Å². The highest BCUT2D eigenvalue weighted by molar-refractivity contribution is 9.10. The SMILES string of the molecule is NC(=S)c1ncc(Br)c2c(F)c(F)c(F)cc12. The molecule has 0 bridgehead atoms. The molecule has 0 unspecified atom stereocenters. The monoisotopic (exact) mass is 320 g/mol. The molecule has 0 saturated heterocycles. The molecule has 2 aromatic rings. The second kappa shape index (κ2) is 4.23. The summed E-state index contributed by atoms with van der Waals surface area (Å²) >= 11 is 7.73. The summed E-state index contributed by atoms with van der Waals surface area (Å²) in [6, 6.07) is 0.819. The van der Waals surface area contributed by atoms with Gasteiger partial charge in [-0.2, -0.15) is 0 Å². The standard InChI is InChI=1S/C10H4BrF3N2S/c11-4-2-16-9(10(15)17)3-1-5(12)7(13)8(14)6(3)4/h1-2H,(H2,15,17). The summed E-state index contributed by atoms with van der Waals surface area (Å²) in [5.74, 6) is -4.16. The first kappa shape index (κ1) is 12.3. The van der Waals surface area contributed by atoms with Crippen LogP contribution >= 0.6 is 28.1 Å². The van der Waals surface area contributed by atoms with Crippen LogP contribution in [0.5, 0.6) is 0 Å². The molecule has 88 valence electrons. The van der Waals surface area contributed by atoms with Crippen LogP contribution in [0.25, 0.3) is 10.8 Å². The highest BCUT2D eigenvalue weighted by Gasteiger charge is 2.19. The van der Waals surface area contributed by atoms with Gasteiger partial charge in [-0.25, -0.2) is 13.2 Å². The summed E-state index contributed by atoms with van der Waals surface area (Å²) in [4.78, 5) is 3.73. The number of nitrogens with two attached hydrogens (primary N) is 1. The molecule has 0 spiro atoms. The van der Waals surface area contributed by atoms with Crippen molar-refractivity contribution in [1.82, 2.24) is 4.98 Å². The molecule has 0 aliphatic rings. The van der Waals surface area contributed by atoms with Crippen LogP contribution in [0.2, 0.25) is 0 Å². The van der Waals surface area contributed by atoms with Gasteiger partial charge < -0.3 is 5.73 Å². The van der Waals surface area contributed by atoms with Crippen molar-refractivity contribution in [1.29, 1.82) is 0 Å². The Bertz CT molecular complexity index is 645. The molecule has 2 rings (SSSR count). The number of thiocarbonyl (C=S) groups is 1.